The summed E-state index contributed by atoms with van der Waals surface area (Å²) < 4.78 is 22.9. The van der Waals surface area contributed by atoms with E-state index in [1.165, 1.54) is 6.92 Å². The molecule has 0 saturated carbocycles. The Balaban J connectivity index is 1.62. The molecule has 0 spiro atoms. The van der Waals surface area contributed by atoms with Crippen molar-refractivity contribution in [1.29, 1.82) is 0 Å². The molecule has 2 amide bonds. The second kappa shape index (κ2) is 7.47. The van der Waals surface area contributed by atoms with Crippen molar-refractivity contribution in [1.82, 2.24) is 20.8 Å². The number of aromatic amines is 1. The van der Waals surface area contributed by atoms with E-state index in [1.54, 1.807) is 24.3 Å². The lowest BCUT2D eigenvalue weighted by Crippen LogP contribution is -2.48. The number of carbonyl (C=O) groups is 2. The van der Waals surface area contributed by atoms with Crippen LogP contribution < -0.4 is 16.2 Å². The number of rotatable bonds is 5. The Morgan fingerprint density at radius 2 is 2.00 bits per heavy atom. The molecule has 2 heterocycles. The first-order valence-corrected chi connectivity index (χ1v) is 10.3. The highest BCUT2D eigenvalue weighted by Gasteiger charge is 2.30. The zero-order chi connectivity index (χ0) is 19.6. The summed E-state index contributed by atoms with van der Waals surface area (Å²) in [5, 5.41) is 12.5. The summed E-state index contributed by atoms with van der Waals surface area (Å²) in [5.74, 6) is -0.887. The lowest BCUT2D eigenvalue weighted by Gasteiger charge is -2.17. The van der Waals surface area contributed by atoms with Crippen molar-refractivity contribution in [2.24, 2.45) is 0 Å². The van der Waals surface area contributed by atoms with Crippen LogP contribution in [0.3, 0.4) is 0 Å². The number of nitrogens with zero attached hydrogens (tertiary/aromatic N) is 1. The molecule has 1 aliphatic rings. The standard InChI is InChI=1S/C17H20N4O5S/c1-10(16(23)19-11-6-7-27(25,26)9-11)18-15(22)8-14-12-4-2-3-5-13(12)17(24)21-20-14/h2-5,10-11H,6-9H2,1H3,(H,18,22)(H,19,23)(H,21,24)/t10-,11-/m1/s1. The van der Waals surface area contributed by atoms with E-state index in [0.717, 1.165) is 0 Å². The highest BCUT2D eigenvalue weighted by Crippen LogP contribution is 2.13. The van der Waals surface area contributed by atoms with E-state index in [2.05, 4.69) is 20.8 Å². The highest BCUT2D eigenvalue weighted by molar-refractivity contribution is 7.91. The summed E-state index contributed by atoms with van der Waals surface area (Å²) >= 11 is 0. The van der Waals surface area contributed by atoms with Gasteiger partial charge < -0.3 is 10.6 Å². The Kier molecular flexibility index (Phi) is 5.26. The van der Waals surface area contributed by atoms with Gasteiger partial charge in [0, 0.05) is 11.4 Å². The first-order valence-electron chi connectivity index (χ1n) is 8.51. The molecule has 0 aliphatic carbocycles. The van der Waals surface area contributed by atoms with Crippen LogP contribution in [0.2, 0.25) is 0 Å². The molecule has 2 atom stereocenters. The van der Waals surface area contributed by atoms with E-state index in [0.29, 0.717) is 22.9 Å². The molecule has 1 fully saturated rings. The monoisotopic (exact) mass is 392 g/mol. The molecule has 1 aromatic heterocycles. The Morgan fingerprint density at radius 3 is 2.67 bits per heavy atom. The molecular weight excluding hydrogens is 372 g/mol. The van der Waals surface area contributed by atoms with E-state index in [1.807, 2.05) is 0 Å². The second-order valence-electron chi connectivity index (χ2n) is 6.62. The van der Waals surface area contributed by atoms with Crippen LogP contribution in [-0.2, 0) is 25.8 Å². The van der Waals surface area contributed by atoms with Gasteiger partial charge in [0.1, 0.15) is 6.04 Å². The van der Waals surface area contributed by atoms with Crippen LogP contribution in [0.15, 0.2) is 29.1 Å². The molecule has 3 rings (SSSR count). The maximum absolute atomic E-state index is 12.3. The van der Waals surface area contributed by atoms with Gasteiger partial charge in [-0.15, -0.1) is 0 Å². The van der Waals surface area contributed by atoms with Gasteiger partial charge in [-0.1, -0.05) is 18.2 Å². The Bertz CT molecular complexity index is 1050. The van der Waals surface area contributed by atoms with E-state index in [9.17, 15) is 22.8 Å². The van der Waals surface area contributed by atoms with Crippen LogP contribution in [-0.4, -0.2) is 54.0 Å². The minimum atomic E-state index is -3.09. The smallest absolute Gasteiger partial charge is 0.272 e. The van der Waals surface area contributed by atoms with Crippen LogP contribution >= 0.6 is 0 Å². The highest BCUT2D eigenvalue weighted by atomic mass is 32.2. The first-order chi connectivity index (χ1) is 12.7. The average molecular weight is 392 g/mol. The fourth-order valence-corrected chi connectivity index (χ4v) is 4.72. The number of H-pyrrole nitrogens is 1. The summed E-state index contributed by atoms with van der Waals surface area (Å²) in [4.78, 5) is 36.2. The van der Waals surface area contributed by atoms with Crippen molar-refractivity contribution >= 4 is 32.4 Å². The van der Waals surface area contributed by atoms with Crippen LogP contribution in [0.1, 0.15) is 19.0 Å². The number of benzene rings is 1. The van der Waals surface area contributed by atoms with Gasteiger partial charge in [-0.2, -0.15) is 5.10 Å². The molecule has 0 bridgehead atoms. The van der Waals surface area contributed by atoms with Crippen LogP contribution in [0.5, 0.6) is 0 Å². The Morgan fingerprint density at radius 1 is 1.30 bits per heavy atom. The van der Waals surface area contributed by atoms with E-state index in [-0.39, 0.29) is 23.5 Å². The lowest BCUT2D eigenvalue weighted by atomic mass is 10.1. The summed E-state index contributed by atoms with van der Waals surface area (Å²) in [6, 6.07) is 5.56. The molecule has 3 N–H and O–H groups in total. The fraction of sp³-hybridized carbons (Fsp3) is 0.412. The van der Waals surface area contributed by atoms with Gasteiger partial charge >= 0.3 is 0 Å². The first kappa shape index (κ1) is 19.0. The third-order valence-corrected chi connectivity index (χ3v) is 6.22. The third kappa shape index (κ3) is 4.51. The van der Waals surface area contributed by atoms with Crippen molar-refractivity contribution in [3.8, 4) is 0 Å². The Hall–Kier alpha value is -2.75. The van der Waals surface area contributed by atoms with E-state index in [4.69, 9.17) is 0 Å². The summed E-state index contributed by atoms with van der Waals surface area (Å²) in [5.41, 5.74) is 0.0613. The molecule has 1 aliphatic heterocycles. The Labute approximate surface area is 155 Å². The molecule has 144 valence electrons. The zero-order valence-corrected chi connectivity index (χ0v) is 15.5. The van der Waals surface area contributed by atoms with E-state index >= 15 is 0 Å². The van der Waals surface area contributed by atoms with Gasteiger partial charge in [0.25, 0.3) is 5.56 Å². The normalized spacial score (nSPS) is 19.5. The topological polar surface area (TPSA) is 138 Å². The summed E-state index contributed by atoms with van der Waals surface area (Å²) in [6.45, 7) is 1.52. The second-order valence-corrected chi connectivity index (χ2v) is 8.85. The van der Waals surface area contributed by atoms with Gasteiger partial charge in [-0.05, 0) is 19.4 Å². The number of hydrogen-bond acceptors (Lipinski definition) is 6. The van der Waals surface area contributed by atoms with Gasteiger partial charge in [0.2, 0.25) is 11.8 Å². The molecule has 2 aromatic rings. The third-order valence-electron chi connectivity index (χ3n) is 4.45. The van der Waals surface area contributed by atoms with Crippen LogP contribution in [0.4, 0.5) is 0 Å². The van der Waals surface area contributed by atoms with Crippen LogP contribution in [0, 0.1) is 0 Å². The number of nitrogens with one attached hydrogen (secondary N) is 3. The SMILES string of the molecule is C[C@@H](NC(=O)Cc1n[nH]c(=O)c2ccccc12)C(=O)N[C@@H]1CCS(=O)(=O)C1. The van der Waals surface area contributed by atoms with Crippen molar-refractivity contribution in [2.75, 3.05) is 11.5 Å². The fourth-order valence-electron chi connectivity index (χ4n) is 3.05. The predicted molar refractivity (Wildman–Crippen MR) is 98.9 cm³/mol. The van der Waals surface area contributed by atoms with Gasteiger partial charge in [-0.3, -0.25) is 14.4 Å². The maximum Gasteiger partial charge on any atom is 0.272 e. The van der Waals surface area contributed by atoms with Crippen molar-refractivity contribution < 1.29 is 18.0 Å². The number of sulfone groups is 1. The molecule has 0 radical (unpaired) electrons. The van der Waals surface area contributed by atoms with Crippen LogP contribution in [0.25, 0.3) is 10.8 Å². The number of carbonyl (C=O) groups excluding carboxylic acids is 2. The van der Waals surface area contributed by atoms with Gasteiger partial charge in [0.05, 0.1) is 29.0 Å². The lowest BCUT2D eigenvalue weighted by molar-refractivity contribution is -0.128. The van der Waals surface area contributed by atoms with E-state index < -0.39 is 33.7 Å². The van der Waals surface area contributed by atoms with Gasteiger partial charge in [-0.25, -0.2) is 13.5 Å². The molecule has 1 aromatic carbocycles. The number of amides is 2. The number of hydrogen-bond donors (Lipinski definition) is 3. The minimum Gasteiger partial charge on any atom is -0.351 e. The van der Waals surface area contributed by atoms with Gasteiger partial charge in [0.15, 0.2) is 9.84 Å². The van der Waals surface area contributed by atoms with Crippen molar-refractivity contribution in [2.45, 2.75) is 31.8 Å². The largest absolute Gasteiger partial charge is 0.351 e. The quantitative estimate of drug-likeness (QED) is 0.613. The molecule has 9 nitrogen and oxygen atoms in total. The summed E-state index contributed by atoms with van der Waals surface area (Å²) in [7, 11) is -3.09. The predicted octanol–water partition coefficient (Wildman–Crippen LogP) is -0.726. The number of aromatic nitrogens is 2. The molecule has 1 saturated heterocycles. The maximum atomic E-state index is 12.3. The molecule has 0 unspecified atom stereocenters. The minimum absolute atomic E-state index is 0.0592. The molecular formula is C17H20N4O5S. The van der Waals surface area contributed by atoms with Crippen molar-refractivity contribution in [3.05, 3.63) is 40.3 Å². The number of fused-ring (bicyclic) bond motifs is 1. The average Bonchev–Trinajstić information content (AvgIpc) is 2.96. The van der Waals surface area contributed by atoms with Crippen molar-refractivity contribution in [3.63, 3.8) is 0 Å². The summed E-state index contributed by atoms with van der Waals surface area (Å²) in [6.07, 6.45) is 0.273. The molecule has 27 heavy (non-hydrogen) atoms. The molecule has 10 heteroatoms. The zero-order valence-electron chi connectivity index (χ0n) is 14.7.